The van der Waals surface area contributed by atoms with Crippen molar-refractivity contribution in [3.8, 4) is 28.5 Å². The van der Waals surface area contributed by atoms with E-state index in [0.29, 0.717) is 29.5 Å². The van der Waals surface area contributed by atoms with E-state index in [2.05, 4.69) is 14.8 Å². The Morgan fingerprint density at radius 2 is 1.86 bits per heavy atom. The van der Waals surface area contributed by atoms with Crippen LogP contribution in [0.25, 0.3) is 11.3 Å². The summed E-state index contributed by atoms with van der Waals surface area (Å²) in [5.41, 5.74) is 2.44. The number of hydrogen-bond acceptors (Lipinski definition) is 6. The lowest BCUT2D eigenvalue weighted by Gasteiger charge is -2.18. The summed E-state index contributed by atoms with van der Waals surface area (Å²) >= 11 is 1.43. The van der Waals surface area contributed by atoms with Gasteiger partial charge >= 0.3 is 6.61 Å². The molecule has 0 bridgehead atoms. The highest BCUT2D eigenvalue weighted by Crippen LogP contribution is 2.30. The molecule has 0 saturated carbocycles. The SMILES string of the molecule is CN=c1scc(-c2ccc(OC(F)F)cc2)n1N=Cc1ccc2c(c1)OCCO2. The normalized spacial score (nSPS) is 14.0. The number of alkyl halides is 2. The standard InChI is InChI=1S/C20H17F2N3O3S/c1-23-20-25(24-11-13-2-7-17-18(10-13)27-9-8-26-17)16(12-29-20)14-3-5-15(6-4-14)28-19(21)22/h2-7,10-12,19H,8-9H2,1H3. The minimum Gasteiger partial charge on any atom is -0.486 e. The van der Waals surface area contributed by atoms with E-state index in [0.717, 1.165) is 16.8 Å². The average Bonchev–Trinajstić information content (AvgIpc) is 3.15. The summed E-state index contributed by atoms with van der Waals surface area (Å²) in [5, 5.41) is 6.47. The van der Waals surface area contributed by atoms with Gasteiger partial charge in [0.2, 0.25) is 4.80 Å². The summed E-state index contributed by atoms with van der Waals surface area (Å²) in [5.74, 6) is 1.50. The number of hydrogen-bond donors (Lipinski definition) is 0. The van der Waals surface area contributed by atoms with Crippen molar-refractivity contribution in [1.29, 1.82) is 0 Å². The van der Waals surface area contributed by atoms with Gasteiger partial charge in [0.15, 0.2) is 11.5 Å². The first-order chi connectivity index (χ1) is 14.1. The van der Waals surface area contributed by atoms with Gasteiger partial charge in [0.1, 0.15) is 19.0 Å². The van der Waals surface area contributed by atoms with Crippen molar-refractivity contribution in [2.45, 2.75) is 6.61 Å². The number of fused-ring (bicyclic) bond motifs is 1. The summed E-state index contributed by atoms with van der Waals surface area (Å²) in [6, 6.07) is 12.0. The smallest absolute Gasteiger partial charge is 0.387 e. The molecule has 3 aromatic rings. The lowest BCUT2D eigenvalue weighted by molar-refractivity contribution is -0.0498. The highest BCUT2D eigenvalue weighted by atomic mass is 32.1. The van der Waals surface area contributed by atoms with Crippen molar-refractivity contribution < 1.29 is 23.0 Å². The number of ether oxygens (including phenoxy) is 3. The third kappa shape index (κ3) is 4.29. The monoisotopic (exact) mass is 417 g/mol. The number of rotatable bonds is 5. The molecule has 150 valence electrons. The maximum Gasteiger partial charge on any atom is 0.387 e. The van der Waals surface area contributed by atoms with Gasteiger partial charge in [-0.2, -0.15) is 13.9 Å². The van der Waals surface area contributed by atoms with E-state index in [-0.39, 0.29) is 5.75 Å². The largest absolute Gasteiger partial charge is 0.486 e. The van der Waals surface area contributed by atoms with Crippen LogP contribution in [-0.4, -0.2) is 37.8 Å². The molecule has 0 aliphatic carbocycles. The molecule has 1 aromatic heterocycles. The Balaban J connectivity index is 1.64. The predicted octanol–water partition coefficient (Wildman–Crippen LogP) is 4.00. The minimum atomic E-state index is -2.85. The van der Waals surface area contributed by atoms with Gasteiger partial charge in [0.25, 0.3) is 0 Å². The maximum absolute atomic E-state index is 12.4. The summed E-state index contributed by atoms with van der Waals surface area (Å²) in [6.45, 7) is -1.80. The number of nitrogens with zero attached hydrogens (tertiary/aromatic N) is 3. The van der Waals surface area contributed by atoms with Gasteiger partial charge in [0.05, 0.1) is 11.9 Å². The highest BCUT2D eigenvalue weighted by molar-refractivity contribution is 7.07. The Morgan fingerprint density at radius 1 is 1.10 bits per heavy atom. The van der Waals surface area contributed by atoms with Crippen LogP contribution in [0.3, 0.4) is 0 Å². The quantitative estimate of drug-likeness (QED) is 0.590. The first-order valence-electron chi connectivity index (χ1n) is 8.76. The van der Waals surface area contributed by atoms with Crippen LogP contribution in [0.1, 0.15) is 5.56 Å². The molecule has 0 spiro atoms. The van der Waals surface area contributed by atoms with E-state index in [1.807, 2.05) is 23.6 Å². The van der Waals surface area contributed by atoms with Crippen molar-refractivity contribution in [1.82, 2.24) is 4.68 Å². The zero-order chi connectivity index (χ0) is 20.2. The molecule has 0 radical (unpaired) electrons. The molecule has 2 aromatic carbocycles. The fraction of sp³-hybridized carbons (Fsp3) is 0.200. The van der Waals surface area contributed by atoms with Crippen LogP contribution >= 0.6 is 11.3 Å². The summed E-state index contributed by atoms with van der Waals surface area (Å²) in [4.78, 5) is 4.95. The van der Waals surface area contributed by atoms with Gasteiger partial charge in [-0.25, -0.2) is 4.68 Å². The van der Waals surface area contributed by atoms with Crippen molar-refractivity contribution in [2.75, 3.05) is 20.3 Å². The molecule has 4 rings (SSSR count). The van der Waals surface area contributed by atoms with E-state index in [1.54, 1.807) is 30.1 Å². The maximum atomic E-state index is 12.4. The van der Waals surface area contributed by atoms with Gasteiger partial charge in [-0.3, -0.25) is 4.99 Å². The number of aromatic nitrogens is 1. The van der Waals surface area contributed by atoms with E-state index >= 15 is 0 Å². The Morgan fingerprint density at radius 3 is 2.59 bits per heavy atom. The third-order valence-corrected chi connectivity index (χ3v) is 5.05. The molecule has 2 heterocycles. The fourth-order valence-corrected chi connectivity index (χ4v) is 3.64. The summed E-state index contributed by atoms with van der Waals surface area (Å²) < 4.78 is 41.9. The van der Waals surface area contributed by atoms with Crippen LogP contribution in [0.5, 0.6) is 17.2 Å². The van der Waals surface area contributed by atoms with E-state index in [1.165, 1.54) is 23.5 Å². The molecule has 6 nitrogen and oxygen atoms in total. The Bertz CT molecular complexity index is 1090. The second-order valence-corrected chi connectivity index (χ2v) is 6.83. The lowest BCUT2D eigenvalue weighted by Crippen LogP contribution is -2.15. The van der Waals surface area contributed by atoms with Crippen molar-refractivity contribution in [3.05, 3.63) is 58.2 Å². The Kier molecular flexibility index (Phi) is 5.57. The first kappa shape index (κ1) is 19.1. The van der Waals surface area contributed by atoms with Gasteiger partial charge in [-0.1, -0.05) is 0 Å². The summed E-state index contributed by atoms with van der Waals surface area (Å²) in [6.07, 6.45) is 1.71. The van der Waals surface area contributed by atoms with Crippen LogP contribution in [0, 0.1) is 0 Å². The highest BCUT2D eigenvalue weighted by Gasteiger charge is 2.12. The molecule has 0 N–H and O–H groups in total. The molecule has 0 saturated heterocycles. The third-order valence-electron chi connectivity index (χ3n) is 4.14. The zero-order valence-electron chi connectivity index (χ0n) is 15.4. The zero-order valence-corrected chi connectivity index (χ0v) is 16.2. The Labute approximate surface area is 169 Å². The Hall–Kier alpha value is -3.20. The van der Waals surface area contributed by atoms with Crippen molar-refractivity contribution >= 4 is 17.6 Å². The van der Waals surface area contributed by atoms with Gasteiger partial charge < -0.3 is 14.2 Å². The molecule has 9 heteroatoms. The molecule has 1 aliphatic rings. The fourth-order valence-electron chi connectivity index (χ4n) is 2.83. The predicted molar refractivity (Wildman–Crippen MR) is 106 cm³/mol. The first-order valence-corrected chi connectivity index (χ1v) is 9.64. The van der Waals surface area contributed by atoms with Crippen LogP contribution in [-0.2, 0) is 0 Å². The summed E-state index contributed by atoms with van der Waals surface area (Å²) in [7, 11) is 1.69. The van der Waals surface area contributed by atoms with Crippen LogP contribution in [0.15, 0.2) is 57.9 Å². The number of thiazole rings is 1. The van der Waals surface area contributed by atoms with Crippen LogP contribution in [0.4, 0.5) is 8.78 Å². The number of halogens is 2. The topological polar surface area (TPSA) is 57.3 Å². The van der Waals surface area contributed by atoms with Gasteiger partial charge in [-0.05, 0) is 48.0 Å². The lowest BCUT2D eigenvalue weighted by atomic mass is 10.2. The van der Waals surface area contributed by atoms with Gasteiger partial charge in [0, 0.05) is 18.0 Å². The van der Waals surface area contributed by atoms with Crippen molar-refractivity contribution in [3.63, 3.8) is 0 Å². The molecule has 0 fully saturated rings. The van der Waals surface area contributed by atoms with Crippen LogP contribution in [0.2, 0.25) is 0 Å². The van der Waals surface area contributed by atoms with E-state index < -0.39 is 6.61 Å². The van der Waals surface area contributed by atoms with E-state index in [9.17, 15) is 8.78 Å². The second-order valence-electron chi connectivity index (χ2n) is 5.99. The van der Waals surface area contributed by atoms with Crippen LogP contribution < -0.4 is 19.0 Å². The molecule has 29 heavy (non-hydrogen) atoms. The number of benzene rings is 2. The molecule has 0 amide bonds. The molecular formula is C20H17F2N3O3S. The van der Waals surface area contributed by atoms with Gasteiger partial charge in [-0.15, -0.1) is 11.3 Å². The minimum absolute atomic E-state index is 0.103. The van der Waals surface area contributed by atoms with Crippen molar-refractivity contribution in [2.24, 2.45) is 10.1 Å². The molecular weight excluding hydrogens is 400 g/mol. The molecule has 0 atom stereocenters. The average molecular weight is 417 g/mol. The second kappa shape index (κ2) is 8.44. The molecule has 1 aliphatic heterocycles. The van der Waals surface area contributed by atoms with E-state index in [4.69, 9.17) is 9.47 Å². The molecule has 0 unspecified atom stereocenters.